The number of hydrogen-bond acceptors (Lipinski definition) is 6. The average molecular weight is 534 g/mol. The lowest BCUT2D eigenvalue weighted by Gasteiger charge is -2.32. The SMILES string of the molecule is CCCC(CCCNc1ccc(C#N)cn1)N(C(=O)NCc1ccccc1)c1ccc(Nc2ccccn2)cc1. The molecule has 0 aliphatic carbocycles. The van der Waals surface area contributed by atoms with Gasteiger partial charge in [0.1, 0.15) is 17.7 Å². The van der Waals surface area contributed by atoms with E-state index in [0.29, 0.717) is 18.7 Å². The molecule has 1 unspecified atom stereocenters. The molecule has 8 heteroatoms. The molecule has 4 aromatic rings. The van der Waals surface area contributed by atoms with E-state index in [4.69, 9.17) is 5.26 Å². The summed E-state index contributed by atoms with van der Waals surface area (Å²) in [4.78, 5) is 24.2. The third kappa shape index (κ3) is 8.30. The van der Waals surface area contributed by atoms with Crippen molar-refractivity contribution in [2.75, 3.05) is 22.1 Å². The molecular weight excluding hydrogens is 498 g/mol. The molecule has 0 radical (unpaired) electrons. The summed E-state index contributed by atoms with van der Waals surface area (Å²) in [6, 6.07) is 29.1. The number of pyridine rings is 2. The molecule has 204 valence electrons. The van der Waals surface area contributed by atoms with Crippen LogP contribution in [0.1, 0.15) is 43.7 Å². The molecule has 0 aliphatic heterocycles. The first-order valence-electron chi connectivity index (χ1n) is 13.7. The van der Waals surface area contributed by atoms with Crippen LogP contribution in [0.5, 0.6) is 0 Å². The van der Waals surface area contributed by atoms with Crippen LogP contribution in [0, 0.1) is 11.3 Å². The summed E-state index contributed by atoms with van der Waals surface area (Å²) >= 11 is 0. The quantitative estimate of drug-likeness (QED) is 0.162. The van der Waals surface area contributed by atoms with Crippen molar-refractivity contribution in [1.82, 2.24) is 15.3 Å². The highest BCUT2D eigenvalue weighted by Crippen LogP contribution is 2.26. The zero-order valence-corrected chi connectivity index (χ0v) is 22.8. The Morgan fingerprint density at radius 3 is 2.40 bits per heavy atom. The van der Waals surface area contributed by atoms with Crippen LogP contribution in [0.15, 0.2) is 97.3 Å². The number of nitriles is 1. The van der Waals surface area contributed by atoms with Gasteiger partial charge in [0, 0.05) is 42.9 Å². The summed E-state index contributed by atoms with van der Waals surface area (Å²) in [5.74, 6) is 1.50. The lowest BCUT2D eigenvalue weighted by atomic mass is 10.0. The molecule has 2 heterocycles. The van der Waals surface area contributed by atoms with Crippen LogP contribution < -0.4 is 20.9 Å². The van der Waals surface area contributed by atoms with Crippen LogP contribution in [0.2, 0.25) is 0 Å². The van der Waals surface area contributed by atoms with Gasteiger partial charge in [0.2, 0.25) is 0 Å². The number of nitrogens with zero attached hydrogens (tertiary/aromatic N) is 4. The molecule has 2 aromatic carbocycles. The maximum Gasteiger partial charge on any atom is 0.322 e. The minimum absolute atomic E-state index is 0.0195. The number of amides is 2. The van der Waals surface area contributed by atoms with Gasteiger partial charge in [-0.1, -0.05) is 49.7 Å². The Balaban J connectivity index is 1.46. The lowest BCUT2D eigenvalue weighted by molar-refractivity contribution is 0.242. The Morgan fingerprint density at radius 2 is 1.73 bits per heavy atom. The van der Waals surface area contributed by atoms with Crippen molar-refractivity contribution in [3.05, 3.63) is 108 Å². The second-order valence-electron chi connectivity index (χ2n) is 9.46. The molecule has 0 saturated heterocycles. The van der Waals surface area contributed by atoms with Gasteiger partial charge < -0.3 is 16.0 Å². The van der Waals surface area contributed by atoms with E-state index in [-0.39, 0.29) is 12.1 Å². The third-order valence-corrected chi connectivity index (χ3v) is 6.49. The predicted molar refractivity (Wildman–Crippen MR) is 160 cm³/mol. The fraction of sp³-hybridized carbons (Fsp3) is 0.250. The van der Waals surface area contributed by atoms with Crippen LogP contribution in [0.3, 0.4) is 0 Å². The smallest absolute Gasteiger partial charge is 0.322 e. The molecule has 0 saturated carbocycles. The van der Waals surface area contributed by atoms with Crippen LogP contribution in [-0.2, 0) is 6.54 Å². The van der Waals surface area contributed by atoms with Gasteiger partial charge in [0.05, 0.1) is 5.56 Å². The maximum absolute atomic E-state index is 13.7. The summed E-state index contributed by atoms with van der Waals surface area (Å²) in [5.41, 5.74) is 3.33. The van der Waals surface area contributed by atoms with Gasteiger partial charge in [0.25, 0.3) is 0 Å². The van der Waals surface area contributed by atoms with Crippen LogP contribution in [0.25, 0.3) is 0 Å². The van der Waals surface area contributed by atoms with E-state index in [1.165, 1.54) is 0 Å². The van der Waals surface area contributed by atoms with Crippen molar-refractivity contribution in [2.45, 2.75) is 45.2 Å². The Hall–Kier alpha value is -4.90. The van der Waals surface area contributed by atoms with Gasteiger partial charge in [-0.25, -0.2) is 14.8 Å². The minimum Gasteiger partial charge on any atom is -0.370 e. The molecule has 2 amide bonds. The number of carbonyl (C=O) groups is 1. The second-order valence-corrected chi connectivity index (χ2v) is 9.46. The van der Waals surface area contributed by atoms with Gasteiger partial charge in [0.15, 0.2) is 0 Å². The maximum atomic E-state index is 13.7. The van der Waals surface area contributed by atoms with Crippen LogP contribution in [-0.4, -0.2) is 28.6 Å². The van der Waals surface area contributed by atoms with Crippen LogP contribution >= 0.6 is 0 Å². The van der Waals surface area contributed by atoms with Crippen molar-refractivity contribution in [2.24, 2.45) is 0 Å². The van der Waals surface area contributed by atoms with Gasteiger partial charge in [-0.3, -0.25) is 4.90 Å². The van der Waals surface area contributed by atoms with Gasteiger partial charge >= 0.3 is 6.03 Å². The fourth-order valence-electron chi connectivity index (χ4n) is 4.50. The Kier molecular flexibility index (Phi) is 10.5. The highest BCUT2D eigenvalue weighted by Gasteiger charge is 2.24. The summed E-state index contributed by atoms with van der Waals surface area (Å²) in [5, 5.41) is 18.7. The topological polar surface area (TPSA) is 106 Å². The standard InChI is InChI=1S/C32H35N7O/c1-2-9-28(12-8-21-34-30-19-14-26(22-33)24-36-30)39(32(40)37-23-25-10-4-3-5-11-25)29-17-15-27(16-18-29)38-31-13-6-7-20-35-31/h3-7,10-11,13-20,24,28H,2,8-9,12,21,23H2,1H3,(H,34,36)(H,35,38)(H,37,40). The normalized spacial score (nSPS) is 11.2. The van der Waals surface area contributed by atoms with Gasteiger partial charge in [-0.2, -0.15) is 5.26 Å². The largest absolute Gasteiger partial charge is 0.370 e. The van der Waals surface area contributed by atoms with Gasteiger partial charge in [-0.05, 0) is 73.4 Å². The molecular formula is C32H35N7O. The van der Waals surface area contributed by atoms with Crippen LogP contribution in [0.4, 0.5) is 27.8 Å². The lowest BCUT2D eigenvalue weighted by Crippen LogP contribution is -2.46. The van der Waals surface area contributed by atoms with E-state index in [1.807, 2.05) is 83.8 Å². The molecule has 1 atom stereocenters. The Morgan fingerprint density at radius 1 is 0.925 bits per heavy atom. The summed E-state index contributed by atoms with van der Waals surface area (Å²) in [6.07, 6.45) is 6.82. The molecule has 8 nitrogen and oxygen atoms in total. The predicted octanol–water partition coefficient (Wildman–Crippen LogP) is 6.87. The van der Waals surface area contributed by atoms with E-state index in [0.717, 1.165) is 54.3 Å². The first-order valence-corrected chi connectivity index (χ1v) is 13.7. The molecule has 0 fully saturated rings. The fourth-order valence-corrected chi connectivity index (χ4v) is 4.50. The zero-order chi connectivity index (χ0) is 28.0. The second kappa shape index (κ2) is 14.9. The van der Waals surface area contributed by atoms with E-state index >= 15 is 0 Å². The molecule has 0 spiro atoms. The third-order valence-electron chi connectivity index (χ3n) is 6.49. The van der Waals surface area contributed by atoms with E-state index in [1.54, 1.807) is 18.5 Å². The minimum atomic E-state index is -0.116. The summed E-state index contributed by atoms with van der Waals surface area (Å²) in [6.45, 7) is 3.32. The number of hydrogen-bond donors (Lipinski definition) is 3. The summed E-state index contributed by atoms with van der Waals surface area (Å²) in [7, 11) is 0. The zero-order valence-electron chi connectivity index (χ0n) is 22.8. The van der Waals surface area contributed by atoms with E-state index in [2.05, 4.69) is 38.9 Å². The number of carbonyl (C=O) groups excluding carboxylic acids is 1. The summed E-state index contributed by atoms with van der Waals surface area (Å²) < 4.78 is 0. The Labute approximate surface area is 236 Å². The molecule has 40 heavy (non-hydrogen) atoms. The number of aromatic nitrogens is 2. The van der Waals surface area contributed by atoms with Crippen molar-refractivity contribution < 1.29 is 4.79 Å². The average Bonchev–Trinajstić information content (AvgIpc) is 3.00. The number of urea groups is 1. The van der Waals surface area contributed by atoms with E-state index in [9.17, 15) is 4.79 Å². The molecule has 0 aliphatic rings. The highest BCUT2D eigenvalue weighted by atomic mass is 16.2. The molecule has 4 rings (SSSR count). The number of rotatable bonds is 13. The molecule has 2 aromatic heterocycles. The molecule has 3 N–H and O–H groups in total. The van der Waals surface area contributed by atoms with Gasteiger partial charge in [-0.15, -0.1) is 0 Å². The van der Waals surface area contributed by atoms with E-state index < -0.39 is 0 Å². The Bertz CT molecular complexity index is 1350. The highest BCUT2D eigenvalue weighted by molar-refractivity contribution is 5.92. The van der Waals surface area contributed by atoms with Crippen molar-refractivity contribution in [1.29, 1.82) is 5.26 Å². The first kappa shape index (κ1) is 28.1. The number of anilines is 4. The number of benzene rings is 2. The van der Waals surface area contributed by atoms with Crippen molar-refractivity contribution in [3.63, 3.8) is 0 Å². The number of nitrogens with one attached hydrogen (secondary N) is 3. The van der Waals surface area contributed by atoms with Crippen molar-refractivity contribution >= 4 is 29.0 Å². The van der Waals surface area contributed by atoms with Crippen molar-refractivity contribution in [3.8, 4) is 6.07 Å². The first-order chi connectivity index (χ1) is 19.7. The molecule has 0 bridgehead atoms. The monoisotopic (exact) mass is 533 g/mol.